The van der Waals surface area contributed by atoms with E-state index in [1.54, 1.807) is 19.1 Å². The molecule has 1 fully saturated rings. The van der Waals surface area contributed by atoms with Gasteiger partial charge < -0.3 is 14.7 Å². The van der Waals surface area contributed by atoms with Gasteiger partial charge >= 0.3 is 0 Å². The Bertz CT molecular complexity index is 1060. The van der Waals surface area contributed by atoms with Crippen molar-refractivity contribution in [3.8, 4) is 0 Å². The molecule has 2 aromatic rings. The molecule has 0 aliphatic carbocycles. The Morgan fingerprint density at radius 3 is 2.32 bits per heavy atom. The fourth-order valence-electron chi connectivity index (χ4n) is 3.82. The zero-order valence-electron chi connectivity index (χ0n) is 17.9. The fourth-order valence-corrected chi connectivity index (χ4v) is 5.30. The van der Waals surface area contributed by atoms with Gasteiger partial charge in [-0.3, -0.25) is 4.79 Å². The largest absolute Gasteiger partial charge is 0.370 e. The van der Waals surface area contributed by atoms with Crippen LogP contribution in [0.4, 0.5) is 20.2 Å². The zero-order chi connectivity index (χ0) is 22.8. The van der Waals surface area contributed by atoms with Gasteiger partial charge in [0.05, 0.1) is 15.5 Å². The van der Waals surface area contributed by atoms with E-state index in [0.29, 0.717) is 6.07 Å². The molecule has 9 heteroatoms. The highest BCUT2D eigenvalue weighted by molar-refractivity contribution is 7.91. The first-order chi connectivity index (χ1) is 14.6. The highest BCUT2D eigenvalue weighted by Crippen LogP contribution is 2.35. The van der Waals surface area contributed by atoms with Crippen molar-refractivity contribution < 1.29 is 22.0 Å². The summed E-state index contributed by atoms with van der Waals surface area (Å²) in [6, 6.07) is 6.97. The molecule has 1 heterocycles. The third kappa shape index (κ3) is 5.04. The van der Waals surface area contributed by atoms with Gasteiger partial charge in [-0.05, 0) is 57.3 Å². The standard InChI is InChI=1S/C22H27F2N3O3S/c1-4-27(16(2)28)21-15-19(26-9-5-8-25(3)10-11-26)6-7-22(21)31(29,30)20-13-17(23)12-18(24)14-20/h6-7,12-15H,4-5,8-11H2,1-3H3. The molecule has 1 aliphatic heterocycles. The van der Waals surface area contributed by atoms with E-state index in [4.69, 9.17) is 0 Å². The molecule has 0 spiro atoms. The van der Waals surface area contributed by atoms with Gasteiger partial charge in [0.2, 0.25) is 15.7 Å². The number of sulfone groups is 1. The van der Waals surface area contributed by atoms with E-state index in [2.05, 4.69) is 16.8 Å². The van der Waals surface area contributed by atoms with Crippen LogP contribution in [-0.4, -0.2) is 59.0 Å². The third-order valence-electron chi connectivity index (χ3n) is 5.45. The summed E-state index contributed by atoms with van der Waals surface area (Å²) in [4.78, 5) is 17.4. The molecule has 0 bridgehead atoms. The van der Waals surface area contributed by atoms with Gasteiger partial charge in [0.1, 0.15) is 11.6 Å². The Morgan fingerprint density at radius 1 is 1.03 bits per heavy atom. The van der Waals surface area contributed by atoms with Crippen molar-refractivity contribution in [1.82, 2.24) is 4.90 Å². The van der Waals surface area contributed by atoms with E-state index in [9.17, 15) is 22.0 Å². The molecule has 1 amide bonds. The molecular formula is C22H27F2N3O3S. The van der Waals surface area contributed by atoms with Crippen LogP contribution < -0.4 is 9.80 Å². The lowest BCUT2D eigenvalue weighted by Gasteiger charge is -2.27. The van der Waals surface area contributed by atoms with Crippen molar-refractivity contribution in [3.63, 3.8) is 0 Å². The third-order valence-corrected chi connectivity index (χ3v) is 7.23. The van der Waals surface area contributed by atoms with E-state index >= 15 is 0 Å². The molecule has 0 N–H and O–H groups in total. The van der Waals surface area contributed by atoms with Crippen LogP contribution in [-0.2, 0) is 14.6 Å². The van der Waals surface area contributed by atoms with E-state index < -0.39 is 26.4 Å². The molecule has 0 unspecified atom stereocenters. The van der Waals surface area contributed by atoms with E-state index in [1.165, 1.54) is 17.9 Å². The lowest BCUT2D eigenvalue weighted by atomic mass is 10.2. The number of benzene rings is 2. The van der Waals surface area contributed by atoms with Crippen molar-refractivity contribution in [2.24, 2.45) is 0 Å². The monoisotopic (exact) mass is 451 g/mol. The van der Waals surface area contributed by atoms with Crippen LogP contribution in [0, 0.1) is 11.6 Å². The van der Waals surface area contributed by atoms with Crippen molar-refractivity contribution in [3.05, 3.63) is 48.0 Å². The van der Waals surface area contributed by atoms with Crippen molar-refractivity contribution >= 4 is 27.1 Å². The first kappa shape index (κ1) is 23.1. The summed E-state index contributed by atoms with van der Waals surface area (Å²) in [5.74, 6) is -2.29. The van der Waals surface area contributed by atoms with Crippen LogP contribution in [0.2, 0.25) is 0 Å². The van der Waals surface area contributed by atoms with Crippen molar-refractivity contribution in [1.29, 1.82) is 0 Å². The Morgan fingerprint density at radius 2 is 1.71 bits per heavy atom. The number of carbonyl (C=O) groups excluding carboxylic acids is 1. The maximum atomic E-state index is 13.7. The number of halogens is 2. The predicted molar refractivity (Wildman–Crippen MR) is 116 cm³/mol. The van der Waals surface area contributed by atoms with Gasteiger partial charge in [-0.15, -0.1) is 0 Å². The maximum Gasteiger partial charge on any atom is 0.223 e. The predicted octanol–water partition coefficient (Wildman–Crippen LogP) is 3.31. The zero-order valence-corrected chi connectivity index (χ0v) is 18.8. The Labute approximate surface area is 182 Å². The number of amides is 1. The maximum absolute atomic E-state index is 13.7. The smallest absolute Gasteiger partial charge is 0.223 e. The van der Waals surface area contributed by atoms with Crippen LogP contribution in [0.3, 0.4) is 0 Å². The average Bonchev–Trinajstić information content (AvgIpc) is 2.92. The molecule has 0 radical (unpaired) electrons. The fraction of sp³-hybridized carbons (Fsp3) is 0.409. The summed E-state index contributed by atoms with van der Waals surface area (Å²) in [5.41, 5.74) is 1.00. The lowest BCUT2D eigenvalue weighted by Crippen LogP contribution is -2.31. The van der Waals surface area contributed by atoms with Crippen LogP contribution in [0.25, 0.3) is 0 Å². The molecule has 0 atom stereocenters. The lowest BCUT2D eigenvalue weighted by molar-refractivity contribution is -0.116. The van der Waals surface area contributed by atoms with Gasteiger partial charge in [0.15, 0.2) is 0 Å². The number of hydrogen-bond donors (Lipinski definition) is 0. The number of likely N-dealkylation sites (N-methyl/N-ethyl adjacent to an activating group) is 1. The summed E-state index contributed by atoms with van der Waals surface area (Å²) < 4.78 is 54.0. The second-order valence-corrected chi connectivity index (χ2v) is 9.59. The number of carbonyl (C=O) groups is 1. The molecule has 2 aromatic carbocycles. The Kier molecular flexibility index (Phi) is 6.96. The van der Waals surface area contributed by atoms with E-state index in [1.807, 2.05) is 0 Å². The quantitative estimate of drug-likeness (QED) is 0.698. The first-order valence-corrected chi connectivity index (χ1v) is 11.7. The van der Waals surface area contributed by atoms with Gasteiger partial charge in [-0.2, -0.15) is 0 Å². The molecule has 3 rings (SSSR count). The van der Waals surface area contributed by atoms with Crippen LogP contribution in [0.1, 0.15) is 20.3 Å². The van der Waals surface area contributed by atoms with E-state index in [0.717, 1.165) is 50.4 Å². The number of hydrogen-bond acceptors (Lipinski definition) is 5. The van der Waals surface area contributed by atoms with Gasteiger partial charge in [-0.1, -0.05) is 0 Å². The summed E-state index contributed by atoms with van der Waals surface area (Å²) >= 11 is 0. The highest BCUT2D eigenvalue weighted by atomic mass is 32.2. The van der Waals surface area contributed by atoms with Crippen molar-refractivity contribution in [2.75, 3.05) is 49.6 Å². The number of anilines is 2. The van der Waals surface area contributed by atoms with Gasteiger partial charge in [0, 0.05) is 44.9 Å². The molecule has 6 nitrogen and oxygen atoms in total. The molecule has 0 aromatic heterocycles. The molecular weight excluding hydrogens is 424 g/mol. The topological polar surface area (TPSA) is 60.9 Å². The van der Waals surface area contributed by atoms with Gasteiger partial charge in [-0.25, -0.2) is 17.2 Å². The highest BCUT2D eigenvalue weighted by Gasteiger charge is 2.27. The molecule has 31 heavy (non-hydrogen) atoms. The van der Waals surface area contributed by atoms with Crippen LogP contribution in [0.5, 0.6) is 0 Å². The van der Waals surface area contributed by atoms with Crippen LogP contribution in [0.15, 0.2) is 46.2 Å². The van der Waals surface area contributed by atoms with E-state index in [-0.39, 0.29) is 23.0 Å². The average molecular weight is 452 g/mol. The minimum Gasteiger partial charge on any atom is -0.370 e. The second-order valence-electron chi connectivity index (χ2n) is 7.67. The normalized spacial score (nSPS) is 15.6. The van der Waals surface area contributed by atoms with Crippen molar-refractivity contribution in [2.45, 2.75) is 30.1 Å². The van der Waals surface area contributed by atoms with Gasteiger partial charge in [0.25, 0.3) is 0 Å². The summed E-state index contributed by atoms with van der Waals surface area (Å²) in [6.45, 7) is 6.75. The first-order valence-electron chi connectivity index (χ1n) is 10.2. The number of rotatable bonds is 5. The second kappa shape index (κ2) is 9.32. The molecule has 1 aliphatic rings. The minimum absolute atomic E-state index is 0.162. The molecule has 1 saturated heterocycles. The summed E-state index contributed by atoms with van der Waals surface area (Å²) in [5, 5.41) is 0. The minimum atomic E-state index is -4.27. The molecule has 168 valence electrons. The number of nitrogens with zero attached hydrogens (tertiary/aromatic N) is 3. The summed E-state index contributed by atoms with van der Waals surface area (Å²) in [7, 11) is -2.21. The Balaban J connectivity index is 2.14. The summed E-state index contributed by atoms with van der Waals surface area (Å²) in [6.07, 6.45) is 0.957. The Hall–Kier alpha value is -2.52. The van der Waals surface area contributed by atoms with Crippen LogP contribution >= 0.6 is 0 Å². The molecule has 0 saturated carbocycles. The SMILES string of the molecule is CCN(C(C)=O)c1cc(N2CCCN(C)CC2)ccc1S(=O)(=O)c1cc(F)cc(F)c1.